The molecule has 0 aliphatic carbocycles. The molecule has 1 aliphatic rings. The first-order valence-corrected chi connectivity index (χ1v) is 10.1. The Kier molecular flexibility index (Phi) is 5.38. The van der Waals surface area contributed by atoms with Crippen molar-refractivity contribution in [3.8, 4) is 28.1 Å². The van der Waals surface area contributed by atoms with Crippen LogP contribution in [0.5, 0.6) is 5.75 Å². The molecule has 0 amide bonds. The molecule has 1 aromatic heterocycles. The van der Waals surface area contributed by atoms with Gasteiger partial charge in [-0.3, -0.25) is 0 Å². The van der Waals surface area contributed by atoms with E-state index in [4.69, 9.17) is 33.9 Å². The molecule has 0 bridgehead atoms. The van der Waals surface area contributed by atoms with Gasteiger partial charge < -0.3 is 15.7 Å². The highest BCUT2D eigenvalue weighted by molar-refractivity contribution is 6.33. The molecule has 150 valence electrons. The van der Waals surface area contributed by atoms with Gasteiger partial charge in [0.15, 0.2) is 0 Å². The number of benzene rings is 2. The summed E-state index contributed by atoms with van der Waals surface area (Å²) in [5, 5.41) is 11.3. The predicted molar refractivity (Wildman–Crippen MR) is 116 cm³/mol. The number of nitrogens with zero attached hydrogens (tertiary/aromatic N) is 2. The highest BCUT2D eigenvalue weighted by Gasteiger charge is 2.23. The molecule has 1 atom stereocenters. The number of halogens is 3. The topological polar surface area (TPSA) is 62.4 Å². The zero-order valence-corrected chi connectivity index (χ0v) is 17.3. The minimum atomic E-state index is -0.426. The van der Waals surface area contributed by atoms with Gasteiger partial charge in [-0.1, -0.05) is 29.3 Å². The summed E-state index contributed by atoms with van der Waals surface area (Å²) in [6.45, 7) is 3.22. The number of hydrogen-bond donors (Lipinski definition) is 2. The minimum absolute atomic E-state index is 0.0558. The fraction of sp³-hybridized carbons (Fsp3) is 0.227. The van der Waals surface area contributed by atoms with Crippen LogP contribution in [0, 0.1) is 12.7 Å². The van der Waals surface area contributed by atoms with Crippen molar-refractivity contribution in [1.82, 2.24) is 4.98 Å². The Hall–Kier alpha value is -2.34. The van der Waals surface area contributed by atoms with E-state index in [-0.39, 0.29) is 11.8 Å². The van der Waals surface area contributed by atoms with Crippen molar-refractivity contribution in [2.24, 2.45) is 5.73 Å². The number of phenolic OH excluding ortho intramolecular Hbond substituents is 1. The Balaban J connectivity index is 1.93. The highest BCUT2D eigenvalue weighted by Crippen LogP contribution is 2.39. The molecule has 1 unspecified atom stereocenters. The molecule has 4 nitrogen and oxygen atoms in total. The number of nitrogens with two attached hydrogens (primary N) is 1. The zero-order chi connectivity index (χ0) is 20.7. The van der Waals surface area contributed by atoms with E-state index in [9.17, 15) is 9.50 Å². The lowest BCUT2D eigenvalue weighted by molar-refractivity contribution is 0.476. The summed E-state index contributed by atoms with van der Waals surface area (Å²) in [7, 11) is 0. The molecule has 3 aromatic rings. The monoisotopic (exact) mass is 431 g/mol. The molecule has 2 aromatic carbocycles. The predicted octanol–water partition coefficient (Wildman–Crippen LogP) is 5.41. The van der Waals surface area contributed by atoms with Crippen molar-refractivity contribution in [3.05, 3.63) is 63.9 Å². The summed E-state index contributed by atoms with van der Waals surface area (Å²) in [5.41, 5.74) is 8.64. The molecule has 1 fully saturated rings. The normalized spacial score (nSPS) is 16.4. The molecular weight excluding hydrogens is 412 g/mol. The van der Waals surface area contributed by atoms with Gasteiger partial charge in [0.05, 0.1) is 10.7 Å². The molecular formula is C22H20Cl2FN3O. The van der Waals surface area contributed by atoms with E-state index >= 15 is 0 Å². The number of phenols is 1. The summed E-state index contributed by atoms with van der Waals surface area (Å²) in [6.07, 6.45) is 0.851. The first-order chi connectivity index (χ1) is 13.8. The van der Waals surface area contributed by atoms with Crippen molar-refractivity contribution >= 4 is 29.0 Å². The summed E-state index contributed by atoms with van der Waals surface area (Å²) >= 11 is 12.6. The van der Waals surface area contributed by atoms with Gasteiger partial charge in [-0.15, -0.1) is 0 Å². The van der Waals surface area contributed by atoms with Gasteiger partial charge in [0.1, 0.15) is 17.4 Å². The number of aromatic nitrogens is 1. The molecule has 0 radical (unpaired) electrons. The molecule has 2 heterocycles. The van der Waals surface area contributed by atoms with Crippen LogP contribution >= 0.6 is 23.2 Å². The zero-order valence-electron chi connectivity index (χ0n) is 15.8. The quantitative estimate of drug-likeness (QED) is 0.581. The summed E-state index contributed by atoms with van der Waals surface area (Å²) in [5.74, 6) is 0.283. The number of anilines is 1. The van der Waals surface area contributed by atoms with Gasteiger partial charge in [-0.25, -0.2) is 9.37 Å². The van der Waals surface area contributed by atoms with E-state index < -0.39 is 5.82 Å². The third-order valence-corrected chi connectivity index (χ3v) is 5.89. The molecule has 3 N–H and O–H groups in total. The Labute approximate surface area is 178 Å². The van der Waals surface area contributed by atoms with Gasteiger partial charge in [0.25, 0.3) is 0 Å². The van der Waals surface area contributed by atoms with Crippen molar-refractivity contribution in [1.29, 1.82) is 0 Å². The summed E-state index contributed by atoms with van der Waals surface area (Å²) in [6, 6.07) is 11.4. The first kappa shape index (κ1) is 20.0. The first-order valence-electron chi connectivity index (χ1n) is 9.30. The molecule has 1 aliphatic heterocycles. The van der Waals surface area contributed by atoms with Crippen LogP contribution in [-0.2, 0) is 0 Å². The van der Waals surface area contributed by atoms with Crippen LogP contribution in [0.2, 0.25) is 10.0 Å². The molecule has 7 heteroatoms. The van der Waals surface area contributed by atoms with Crippen molar-refractivity contribution in [2.75, 3.05) is 18.0 Å². The average molecular weight is 432 g/mol. The Morgan fingerprint density at radius 2 is 1.97 bits per heavy atom. The second-order valence-corrected chi connectivity index (χ2v) is 8.12. The van der Waals surface area contributed by atoms with Crippen LogP contribution in [0.15, 0.2) is 42.5 Å². The molecule has 0 saturated carbocycles. The Morgan fingerprint density at radius 3 is 2.66 bits per heavy atom. The summed E-state index contributed by atoms with van der Waals surface area (Å²) in [4.78, 5) is 6.78. The number of aromatic hydroxyl groups is 1. The van der Waals surface area contributed by atoms with E-state index in [1.807, 2.05) is 6.92 Å². The lowest BCUT2D eigenvalue weighted by Crippen LogP contribution is -2.27. The van der Waals surface area contributed by atoms with Crippen LogP contribution in [-0.4, -0.2) is 29.2 Å². The Bertz CT molecular complexity index is 1070. The van der Waals surface area contributed by atoms with E-state index in [0.717, 1.165) is 18.5 Å². The minimum Gasteiger partial charge on any atom is -0.507 e. The Morgan fingerprint density at radius 1 is 1.17 bits per heavy atom. The number of pyridine rings is 1. The molecule has 29 heavy (non-hydrogen) atoms. The van der Waals surface area contributed by atoms with Crippen LogP contribution < -0.4 is 10.6 Å². The lowest BCUT2D eigenvalue weighted by Gasteiger charge is -2.20. The summed E-state index contributed by atoms with van der Waals surface area (Å²) < 4.78 is 14.6. The highest BCUT2D eigenvalue weighted by atomic mass is 35.5. The van der Waals surface area contributed by atoms with Crippen LogP contribution in [0.1, 0.15) is 12.0 Å². The SMILES string of the molecule is Cc1cc(O)c(-c2cc(-c3c(F)cccc3Cl)cc(N3CCC(N)C3)n2)cc1Cl. The number of rotatable bonds is 3. The van der Waals surface area contributed by atoms with Crippen LogP contribution in [0.3, 0.4) is 0 Å². The molecule has 1 saturated heterocycles. The maximum atomic E-state index is 14.6. The van der Waals surface area contributed by atoms with Gasteiger partial charge in [-0.2, -0.15) is 0 Å². The molecule has 0 spiro atoms. The van der Waals surface area contributed by atoms with Crippen LogP contribution in [0.25, 0.3) is 22.4 Å². The fourth-order valence-corrected chi connectivity index (χ4v) is 4.04. The average Bonchev–Trinajstić information content (AvgIpc) is 3.11. The lowest BCUT2D eigenvalue weighted by atomic mass is 10.0. The van der Waals surface area contributed by atoms with E-state index in [2.05, 4.69) is 4.90 Å². The fourth-order valence-electron chi connectivity index (χ4n) is 3.60. The van der Waals surface area contributed by atoms with E-state index in [1.54, 1.807) is 36.4 Å². The number of aryl methyl sites for hydroxylation is 1. The third kappa shape index (κ3) is 3.90. The third-order valence-electron chi connectivity index (χ3n) is 5.16. The maximum absolute atomic E-state index is 14.6. The standard InChI is InChI=1S/C22H20Cl2FN3O/c1-12-7-20(29)15(10-17(12)24)19-8-13(22-16(23)3-2-4-18(22)25)9-21(27-19)28-6-5-14(26)11-28/h2-4,7-10,14,29H,5-6,11,26H2,1H3. The van der Waals surface area contributed by atoms with Crippen molar-refractivity contribution < 1.29 is 9.50 Å². The smallest absolute Gasteiger partial charge is 0.132 e. The van der Waals surface area contributed by atoms with E-state index in [1.165, 1.54) is 6.07 Å². The van der Waals surface area contributed by atoms with E-state index in [0.29, 0.717) is 44.8 Å². The van der Waals surface area contributed by atoms with Gasteiger partial charge >= 0.3 is 0 Å². The van der Waals surface area contributed by atoms with Gasteiger partial charge in [-0.05, 0) is 60.9 Å². The largest absolute Gasteiger partial charge is 0.507 e. The van der Waals surface area contributed by atoms with Gasteiger partial charge in [0, 0.05) is 35.3 Å². The second-order valence-electron chi connectivity index (χ2n) is 7.31. The van der Waals surface area contributed by atoms with Crippen LogP contribution in [0.4, 0.5) is 10.2 Å². The maximum Gasteiger partial charge on any atom is 0.132 e. The van der Waals surface area contributed by atoms with Crippen molar-refractivity contribution in [3.63, 3.8) is 0 Å². The van der Waals surface area contributed by atoms with Crippen molar-refractivity contribution in [2.45, 2.75) is 19.4 Å². The molecule has 4 rings (SSSR count). The number of hydrogen-bond acceptors (Lipinski definition) is 4. The van der Waals surface area contributed by atoms with Gasteiger partial charge in [0.2, 0.25) is 0 Å². The second kappa shape index (κ2) is 7.82.